The van der Waals surface area contributed by atoms with Crippen molar-refractivity contribution in [2.75, 3.05) is 0 Å². The zero-order valence-corrected chi connectivity index (χ0v) is 19.4. The van der Waals surface area contributed by atoms with Crippen molar-refractivity contribution in [2.45, 2.75) is 65.2 Å². The Balaban J connectivity index is 2.67. The lowest BCUT2D eigenvalue weighted by atomic mass is 9.76. The first-order valence-electron chi connectivity index (χ1n) is 9.66. The standard InChI is InChI=1S/C22H28BrN3O3/c1-7-21(3,4)14-11-16(22(5,6)8-2)20(27)18(12-14)25-24-17-10-9-15(23)13-19(17)26(28)29/h9-13,27H,7-8H2,1-6H3. The Kier molecular flexibility index (Phi) is 6.83. The van der Waals surface area contributed by atoms with Crippen molar-refractivity contribution in [1.82, 2.24) is 0 Å². The number of halogens is 1. The minimum absolute atomic E-state index is 0.0658. The molecule has 0 aliphatic rings. The molecule has 2 aromatic rings. The minimum atomic E-state index is -0.499. The van der Waals surface area contributed by atoms with E-state index in [-0.39, 0.29) is 28.0 Å². The molecule has 156 valence electrons. The lowest BCUT2D eigenvalue weighted by Gasteiger charge is -2.30. The molecule has 0 aliphatic carbocycles. The SMILES string of the molecule is CCC(C)(C)c1cc(N=Nc2ccc(Br)cc2[N+](=O)[O-])c(O)c(C(C)(C)CC)c1. The quantitative estimate of drug-likeness (QED) is 0.258. The van der Waals surface area contributed by atoms with Crippen LogP contribution < -0.4 is 0 Å². The molecule has 0 saturated carbocycles. The van der Waals surface area contributed by atoms with Gasteiger partial charge in [-0.1, -0.05) is 63.5 Å². The lowest BCUT2D eigenvalue weighted by Crippen LogP contribution is -2.20. The summed E-state index contributed by atoms with van der Waals surface area (Å²) in [6.07, 6.45) is 1.75. The van der Waals surface area contributed by atoms with E-state index >= 15 is 0 Å². The van der Waals surface area contributed by atoms with Crippen LogP contribution in [-0.4, -0.2) is 10.0 Å². The fourth-order valence-electron chi connectivity index (χ4n) is 2.83. The van der Waals surface area contributed by atoms with Gasteiger partial charge in [0.2, 0.25) is 0 Å². The normalized spacial score (nSPS) is 12.5. The van der Waals surface area contributed by atoms with Crippen molar-refractivity contribution in [3.05, 3.63) is 56.0 Å². The summed E-state index contributed by atoms with van der Waals surface area (Å²) in [6, 6.07) is 8.45. The number of aromatic hydroxyl groups is 1. The summed E-state index contributed by atoms with van der Waals surface area (Å²) in [5.41, 5.74) is 1.79. The molecule has 7 heteroatoms. The second kappa shape index (κ2) is 8.61. The Morgan fingerprint density at radius 2 is 1.59 bits per heavy atom. The molecule has 0 aliphatic heterocycles. The highest BCUT2D eigenvalue weighted by Crippen LogP contribution is 2.44. The number of phenols is 1. The molecule has 0 radical (unpaired) electrons. The van der Waals surface area contributed by atoms with E-state index in [1.165, 1.54) is 12.1 Å². The number of hydrogen-bond acceptors (Lipinski definition) is 5. The summed E-state index contributed by atoms with van der Waals surface area (Å²) in [5.74, 6) is 0.0658. The van der Waals surface area contributed by atoms with Crippen LogP contribution in [0.25, 0.3) is 0 Å². The molecule has 0 bridgehead atoms. The molecule has 29 heavy (non-hydrogen) atoms. The molecule has 1 N–H and O–H groups in total. The minimum Gasteiger partial charge on any atom is -0.505 e. The number of nitrogens with zero attached hydrogens (tertiary/aromatic N) is 3. The van der Waals surface area contributed by atoms with E-state index in [2.05, 4.69) is 67.7 Å². The first-order valence-corrected chi connectivity index (χ1v) is 10.5. The smallest absolute Gasteiger partial charge is 0.297 e. The van der Waals surface area contributed by atoms with Gasteiger partial charge in [0.05, 0.1) is 4.92 Å². The van der Waals surface area contributed by atoms with E-state index in [4.69, 9.17) is 0 Å². The van der Waals surface area contributed by atoms with Crippen LogP contribution in [0.3, 0.4) is 0 Å². The third kappa shape index (κ3) is 5.01. The van der Waals surface area contributed by atoms with Gasteiger partial charge in [0.15, 0.2) is 5.69 Å². The number of azo groups is 1. The van der Waals surface area contributed by atoms with Crippen molar-refractivity contribution in [2.24, 2.45) is 10.2 Å². The molecule has 0 heterocycles. The number of rotatable bonds is 7. The van der Waals surface area contributed by atoms with Gasteiger partial charge in [-0.25, -0.2) is 0 Å². The first kappa shape index (κ1) is 23.0. The topological polar surface area (TPSA) is 88.1 Å². The molecular formula is C22H28BrN3O3. The van der Waals surface area contributed by atoms with Gasteiger partial charge >= 0.3 is 0 Å². The molecule has 0 fully saturated rings. The summed E-state index contributed by atoms with van der Waals surface area (Å²) in [7, 11) is 0. The Morgan fingerprint density at radius 1 is 1.00 bits per heavy atom. The molecular weight excluding hydrogens is 434 g/mol. The van der Waals surface area contributed by atoms with Crippen LogP contribution in [0.5, 0.6) is 5.75 Å². The van der Waals surface area contributed by atoms with Crippen LogP contribution >= 0.6 is 15.9 Å². The van der Waals surface area contributed by atoms with Crippen LogP contribution in [0.4, 0.5) is 17.1 Å². The number of nitro groups is 1. The zero-order chi connectivity index (χ0) is 22.0. The highest BCUT2D eigenvalue weighted by atomic mass is 79.9. The maximum atomic E-state index is 11.3. The van der Waals surface area contributed by atoms with Crippen molar-refractivity contribution in [3.8, 4) is 5.75 Å². The van der Waals surface area contributed by atoms with E-state index in [0.29, 0.717) is 10.2 Å². The number of nitro benzene ring substituents is 1. The van der Waals surface area contributed by atoms with Crippen molar-refractivity contribution >= 4 is 33.0 Å². The fraction of sp³-hybridized carbons (Fsp3) is 0.455. The number of phenolic OH excluding ortho intramolecular Hbond substituents is 1. The summed E-state index contributed by atoms with van der Waals surface area (Å²) in [4.78, 5) is 10.8. The molecule has 0 saturated heterocycles. The van der Waals surface area contributed by atoms with Crippen LogP contribution in [0, 0.1) is 10.1 Å². The molecule has 0 unspecified atom stereocenters. The Labute approximate surface area is 180 Å². The molecule has 0 atom stereocenters. The summed E-state index contributed by atoms with van der Waals surface area (Å²) >= 11 is 3.23. The van der Waals surface area contributed by atoms with Crippen molar-refractivity contribution in [1.29, 1.82) is 0 Å². The molecule has 0 spiro atoms. The van der Waals surface area contributed by atoms with Gasteiger partial charge in [-0.05, 0) is 47.4 Å². The monoisotopic (exact) mass is 461 g/mol. The van der Waals surface area contributed by atoms with E-state index in [9.17, 15) is 15.2 Å². The largest absolute Gasteiger partial charge is 0.505 e. The van der Waals surface area contributed by atoms with Gasteiger partial charge in [0.1, 0.15) is 11.4 Å². The van der Waals surface area contributed by atoms with E-state index in [0.717, 1.165) is 24.0 Å². The van der Waals surface area contributed by atoms with Crippen molar-refractivity contribution in [3.63, 3.8) is 0 Å². The lowest BCUT2D eigenvalue weighted by molar-refractivity contribution is -0.384. The van der Waals surface area contributed by atoms with Gasteiger partial charge in [0.25, 0.3) is 5.69 Å². The third-order valence-corrected chi connectivity index (χ3v) is 6.26. The highest BCUT2D eigenvalue weighted by molar-refractivity contribution is 9.10. The highest BCUT2D eigenvalue weighted by Gasteiger charge is 2.28. The molecule has 0 aromatic heterocycles. The van der Waals surface area contributed by atoms with Crippen molar-refractivity contribution < 1.29 is 10.0 Å². The van der Waals surface area contributed by atoms with E-state index in [1.807, 2.05) is 12.1 Å². The predicted molar refractivity (Wildman–Crippen MR) is 120 cm³/mol. The van der Waals surface area contributed by atoms with Crippen LogP contribution in [0.1, 0.15) is 65.5 Å². The van der Waals surface area contributed by atoms with Crippen LogP contribution in [0.15, 0.2) is 45.0 Å². The second-order valence-electron chi connectivity index (χ2n) is 8.46. The summed E-state index contributed by atoms with van der Waals surface area (Å²) in [5, 5.41) is 30.6. The van der Waals surface area contributed by atoms with Gasteiger partial charge in [-0.15, -0.1) is 10.2 Å². The van der Waals surface area contributed by atoms with E-state index < -0.39 is 4.92 Å². The Hall–Kier alpha value is -2.28. The zero-order valence-electron chi connectivity index (χ0n) is 17.8. The van der Waals surface area contributed by atoms with Gasteiger partial charge in [-0.3, -0.25) is 10.1 Å². The third-order valence-electron chi connectivity index (χ3n) is 5.77. The van der Waals surface area contributed by atoms with Gasteiger partial charge in [-0.2, -0.15) is 0 Å². The second-order valence-corrected chi connectivity index (χ2v) is 9.37. The number of benzene rings is 2. The Bertz CT molecular complexity index is 953. The summed E-state index contributed by atoms with van der Waals surface area (Å²) < 4.78 is 0.588. The maximum Gasteiger partial charge on any atom is 0.297 e. The molecule has 6 nitrogen and oxygen atoms in total. The summed E-state index contributed by atoms with van der Waals surface area (Å²) in [6.45, 7) is 12.6. The Morgan fingerprint density at radius 3 is 2.14 bits per heavy atom. The number of hydrogen-bond donors (Lipinski definition) is 1. The van der Waals surface area contributed by atoms with E-state index in [1.54, 1.807) is 6.07 Å². The van der Waals surface area contributed by atoms with Gasteiger partial charge in [0, 0.05) is 16.1 Å². The molecule has 0 amide bonds. The van der Waals surface area contributed by atoms with Crippen LogP contribution in [-0.2, 0) is 10.8 Å². The molecule has 2 rings (SSSR count). The average Bonchev–Trinajstić information content (AvgIpc) is 2.67. The average molecular weight is 462 g/mol. The molecule has 2 aromatic carbocycles. The first-order chi connectivity index (χ1) is 13.4. The predicted octanol–water partition coefficient (Wildman–Crippen LogP) is 7.85. The van der Waals surface area contributed by atoms with Gasteiger partial charge < -0.3 is 5.11 Å². The van der Waals surface area contributed by atoms with Crippen LogP contribution in [0.2, 0.25) is 0 Å². The fourth-order valence-corrected chi connectivity index (χ4v) is 3.18. The maximum absolute atomic E-state index is 11.3.